The Kier molecular flexibility index (Phi) is 4.54. The number of halogens is 1. The normalized spacial score (nSPS) is 11.8. The number of aromatic nitrogens is 2. The summed E-state index contributed by atoms with van der Waals surface area (Å²) < 4.78 is 3.71. The number of hydrogen-bond donors (Lipinski definition) is 2. The maximum Gasteiger partial charge on any atom is 0.243 e. The molecule has 68 valence electrons. The van der Waals surface area contributed by atoms with Crippen molar-refractivity contribution in [3.05, 3.63) is 18.7 Å². The number of rotatable bonds is 3. The molecule has 1 aromatic heterocycles. The van der Waals surface area contributed by atoms with Crippen molar-refractivity contribution in [1.29, 1.82) is 5.41 Å². The van der Waals surface area contributed by atoms with Gasteiger partial charge in [-0.3, -0.25) is 0 Å². The highest BCUT2D eigenvalue weighted by molar-refractivity contribution is 5.58. The van der Waals surface area contributed by atoms with Crippen LogP contribution < -0.4 is 17.0 Å². The van der Waals surface area contributed by atoms with Crippen molar-refractivity contribution in [2.75, 3.05) is 0 Å². The fraction of sp³-hybridized carbons (Fsp3) is 0.429. The second-order valence-corrected chi connectivity index (χ2v) is 2.51. The summed E-state index contributed by atoms with van der Waals surface area (Å²) in [6, 6.07) is 0. The first-order valence-corrected chi connectivity index (χ1v) is 3.42. The van der Waals surface area contributed by atoms with Crippen LogP contribution in [0.1, 0.15) is 0 Å². The number of aliphatic hydroxyl groups excluding tert-OH is 1. The summed E-state index contributed by atoms with van der Waals surface area (Å²) >= 11 is 0. The van der Waals surface area contributed by atoms with Crippen LogP contribution in [0.2, 0.25) is 0 Å². The van der Waals surface area contributed by atoms with Crippen molar-refractivity contribution in [3.63, 3.8) is 0 Å². The second-order valence-electron chi connectivity index (χ2n) is 2.51. The van der Waals surface area contributed by atoms with E-state index in [0.717, 1.165) is 6.21 Å². The summed E-state index contributed by atoms with van der Waals surface area (Å²) in [6.45, 7) is 0.449. The SMILES string of the molecule is C[n+]1ccn(CC(O)C=N)c1.[Cl-]. The molecule has 0 aliphatic carbocycles. The van der Waals surface area contributed by atoms with Crippen molar-refractivity contribution in [2.45, 2.75) is 12.6 Å². The average Bonchev–Trinajstić information content (AvgIpc) is 2.35. The molecule has 0 amide bonds. The van der Waals surface area contributed by atoms with E-state index in [0.29, 0.717) is 6.54 Å². The maximum absolute atomic E-state index is 9.05. The highest BCUT2D eigenvalue weighted by Gasteiger charge is 2.05. The minimum absolute atomic E-state index is 0. The molecule has 0 radical (unpaired) electrons. The first-order chi connectivity index (χ1) is 5.22. The zero-order chi connectivity index (χ0) is 8.27. The van der Waals surface area contributed by atoms with Crippen molar-refractivity contribution >= 4 is 6.21 Å². The monoisotopic (exact) mass is 189 g/mol. The third-order valence-electron chi connectivity index (χ3n) is 1.41. The zero-order valence-electron chi connectivity index (χ0n) is 6.81. The molecule has 5 heteroatoms. The number of nitrogens with one attached hydrogen (secondary N) is 1. The molecule has 4 nitrogen and oxygen atoms in total. The summed E-state index contributed by atoms with van der Waals surface area (Å²) in [4.78, 5) is 0. The van der Waals surface area contributed by atoms with Crippen LogP contribution in [0.15, 0.2) is 18.7 Å². The fourth-order valence-corrected chi connectivity index (χ4v) is 0.878. The van der Waals surface area contributed by atoms with Crippen molar-refractivity contribution in [1.82, 2.24) is 4.57 Å². The zero-order valence-corrected chi connectivity index (χ0v) is 7.57. The molecule has 0 saturated heterocycles. The van der Waals surface area contributed by atoms with Crippen molar-refractivity contribution < 1.29 is 22.1 Å². The molecule has 0 aliphatic rings. The summed E-state index contributed by atoms with van der Waals surface area (Å²) in [5.41, 5.74) is 0. The van der Waals surface area contributed by atoms with Crippen molar-refractivity contribution in [3.8, 4) is 0 Å². The molecule has 0 aliphatic heterocycles. The van der Waals surface area contributed by atoms with Gasteiger partial charge in [-0.15, -0.1) is 0 Å². The van der Waals surface area contributed by atoms with Gasteiger partial charge in [-0.05, 0) is 0 Å². The highest BCUT2D eigenvalue weighted by atomic mass is 35.5. The predicted octanol–water partition coefficient (Wildman–Crippen LogP) is -3.67. The standard InChI is InChI=1S/C7H12N3O.ClH/c1-9-2-3-10(6-9)5-7(11)4-8;/h2-4,6-8,11H,5H2,1H3;1H/q+1;/p-1. The lowest BCUT2D eigenvalue weighted by atomic mass is 10.4. The lowest BCUT2D eigenvalue weighted by molar-refractivity contribution is -0.671. The Bertz CT molecular complexity index is 249. The van der Waals surface area contributed by atoms with Crippen LogP contribution >= 0.6 is 0 Å². The lowest BCUT2D eigenvalue weighted by Crippen LogP contribution is -3.00. The Morgan fingerprint density at radius 3 is 2.83 bits per heavy atom. The Balaban J connectivity index is 0.00000121. The molecule has 0 bridgehead atoms. The largest absolute Gasteiger partial charge is 1.00 e. The quantitative estimate of drug-likeness (QED) is 0.374. The van der Waals surface area contributed by atoms with E-state index >= 15 is 0 Å². The van der Waals surface area contributed by atoms with Crippen LogP contribution in [-0.2, 0) is 13.6 Å². The first-order valence-electron chi connectivity index (χ1n) is 3.42. The summed E-state index contributed by atoms with van der Waals surface area (Å²) in [5.74, 6) is 0. The molecule has 1 unspecified atom stereocenters. The number of aryl methyl sites for hydroxylation is 1. The van der Waals surface area contributed by atoms with Crippen LogP contribution in [0.5, 0.6) is 0 Å². The van der Waals surface area contributed by atoms with Gasteiger partial charge in [-0.1, -0.05) is 0 Å². The third kappa shape index (κ3) is 3.02. The van der Waals surface area contributed by atoms with Gasteiger partial charge in [0.1, 0.15) is 25.0 Å². The van der Waals surface area contributed by atoms with Crippen LogP contribution in [-0.4, -0.2) is 22.0 Å². The molecule has 1 atom stereocenters. The number of aliphatic hydroxyl groups is 1. The summed E-state index contributed by atoms with van der Waals surface area (Å²) in [6.07, 6.45) is 5.94. The lowest BCUT2D eigenvalue weighted by Gasteiger charge is -1.98. The minimum atomic E-state index is -0.678. The Labute approximate surface area is 77.4 Å². The smallest absolute Gasteiger partial charge is 0.243 e. The van der Waals surface area contributed by atoms with E-state index in [9.17, 15) is 0 Å². The number of hydrogen-bond acceptors (Lipinski definition) is 2. The van der Waals surface area contributed by atoms with Crippen LogP contribution in [0.4, 0.5) is 0 Å². The average molecular weight is 190 g/mol. The van der Waals surface area contributed by atoms with Gasteiger partial charge in [0, 0.05) is 6.21 Å². The highest BCUT2D eigenvalue weighted by Crippen LogP contribution is 1.87. The van der Waals surface area contributed by atoms with Gasteiger partial charge in [0.05, 0.1) is 7.05 Å². The second kappa shape index (κ2) is 4.90. The van der Waals surface area contributed by atoms with Gasteiger partial charge in [0.25, 0.3) is 0 Å². The van der Waals surface area contributed by atoms with E-state index in [-0.39, 0.29) is 12.4 Å². The van der Waals surface area contributed by atoms with Crippen LogP contribution in [0.25, 0.3) is 0 Å². The van der Waals surface area contributed by atoms with E-state index < -0.39 is 6.10 Å². The van der Waals surface area contributed by atoms with Crippen LogP contribution in [0.3, 0.4) is 0 Å². The van der Waals surface area contributed by atoms with Gasteiger partial charge in [0.15, 0.2) is 0 Å². The summed E-state index contributed by atoms with van der Waals surface area (Å²) in [5, 5.41) is 15.8. The molecule has 0 spiro atoms. The Morgan fingerprint density at radius 2 is 2.42 bits per heavy atom. The van der Waals surface area contributed by atoms with E-state index in [1.807, 2.05) is 34.9 Å². The van der Waals surface area contributed by atoms with Gasteiger partial charge >= 0.3 is 0 Å². The van der Waals surface area contributed by atoms with E-state index in [4.69, 9.17) is 10.5 Å². The van der Waals surface area contributed by atoms with Gasteiger partial charge in [-0.2, -0.15) is 0 Å². The maximum atomic E-state index is 9.05. The van der Waals surface area contributed by atoms with Gasteiger partial charge < -0.3 is 22.9 Å². The molecule has 12 heavy (non-hydrogen) atoms. The van der Waals surface area contributed by atoms with E-state index in [1.54, 1.807) is 0 Å². The molecular weight excluding hydrogens is 178 g/mol. The minimum Gasteiger partial charge on any atom is -1.00 e. The molecule has 1 heterocycles. The number of nitrogens with zero attached hydrogens (tertiary/aromatic N) is 2. The first kappa shape index (κ1) is 11.1. The Morgan fingerprint density at radius 1 is 1.75 bits per heavy atom. The fourth-order valence-electron chi connectivity index (χ4n) is 0.878. The van der Waals surface area contributed by atoms with E-state index in [2.05, 4.69) is 0 Å². The van der Waals surface area contributed by atoms with Gasteiger partial charge in [0.2, 0.25) is 6.33 Å². The molecule has 1 rings (SSSR count). The predicted molar refractivity (Wildman–Crippen MR) is 40.4 cm³/mol. The summed E-state index contributed by atoms with van der Waals surface area (Å²) in [7, 11) is 1.91. The van der Waals surface area contributed by atoms with E-state index in [1.165, 1.54) is 0 Å². The molecule has 2 N–H and O–H groups in total. The van der Waals surface area contributed by atoms with Gasteiger partial charge in [-0.25, -0.2) is 9.13 Å². The van der Waals surface area contributed by atoms with Crippen molar-refractivity contribution in [2.24, 2.45) is 7.05 Å². The molecule has 0 fully saturated rings. The van der Waals surface area contributed by atoms with Crippen LogP contribution in [0, 0.1) is 5.41 Å². The molecule has 0 aromatic carbocycles. The molecule has 0 saturated carbocycles. The Hall–Kier alpha value is -0.870. The third-order valence-corrected chi connectivity index (χ3v) is 1.41. The molecule has 1 aromatic rings. The topological polar surface area (TPSA) is 52.9 Å². The molecular formula is C7H12ClN3O. The number of imidazole rings is 1.